The molecule has 0 aromatic heterocycles. The van der Waals surface area contributed by atoms with Gasteiger partial charge in [-0.05, 0) is 36.5 Å². The Hall–Kier alpha value is -0.380. The van der Waals surface area contributed by atoms with E-state index in [-0.39, 0.29) is 11.3 Å². The summed E-state index contributed by atoms with van der Waals surface area (Å²) in [5.74, 6) is 1.23. The smallest absolute Gasteiger partial charge is 0.0911 e. The molecule has 0 atom stereocenters. The Bertz CT molecular complexity index is 444. The van der Waals surface area contributed by atoms with E-state index in [2.05, 4.69) is 0 Å². The number of rotatable bonds is 5. The molecule has 0 spiro atoms. The molecule has 1 aromatic rings. The quantitative estimate of drug-likeness (QED) is 0.485. The summed E-state index contributed by atoms with van der Waals surface area (Å²) in [6.07, 6.45) is 2.99. The van der Waals surface area contributed by atoms with Gasteiger partial charge in [0.15, 0.2) is 0 Å². The van der Waals surface area contributed by atoms with Gasteiger partial charge >= 0.3 is 0 Å². The Kier molecular flexibility index (Phi) is 3.91. The zero-order valence-electron chi connectivity index (χ0n) is 9.30. The Labute approximate surface area is 115 Å². The van der Waals surface area contributed by atoms with Crippen LogP contribution in [0.5, 0.6) is 0 Å². The van der Waals surface area contributed by atoms with E-state index < -0.39 is 0 Å². The number of benzene rings is 1. The highest BCUT2D eigenvalue weighted by molar-refractivity contribution is 7.99. The topological polar surface area (TPSA) is 49.9 Å². The van der Waals surface area contributed by atoms with Gasteiger partial charge < -0.3 is 5.73 Å². The van der Waals surface area contributed by atoms with Gasteiger partial charge in [0.2, 0.25) is 0 Å². The van der Waals surface area contributed by atoms with Crippen LogP contribution < -0.4 is 5.73 Å². The second kappa shape index (κ2) is 5.09. The van der Waals surface area contributed by atoms with Gasteiger partial charge in [-0.25, -0.2) is 0 Å². The predicted octanol–water partition coefficient (Wildman–Crippen LogP) is 4.19. The van der Waals surface area contributed by atoms with Crippen molar-refractivity contribution in [2.45, 2.75) is 24.2 Å². The highest BCUT2D eigenvalue weighted by atomic mass is 35.5. The van der Waals surface area contributed by atoms with E-state index in [1.165, 1.54) is 0 Å². The third kappa shape index (κ3) is 3.54. The second-order valence-electron chi connectivity index (χ2n) is 4.57. The molecule has 1 saturated carbocycles. The van der Waals surface area contributed by atoms with Crippen LogP contribution in [-0.2, 0) is 0 Å². The zero-order valence-corrected chi connectivity index (χ0v) is 11.6. The molecule has 3 N–H and O–H groups in total. The lowest BCUT2D eigenvalue weighted by molar-refractivity contribution is 0.612. The first-order valence-electron chi connectivity index (χ1n) is 5.42. The first kappa shape index (κ1) is 13.1. The molecule has 0 amide bonds. The first-order valence-corrected chi connectivity index (χ1v) is 7.16. The number of halogens is 2. The van der Waals surface area contributed by atoms with E-state index in [9.17, 15) is 0 Å². The number of thioether (sulfide) groups is 1. The molecule has 5 heteroatoms. The van der Waals surface area contributed by atoms with Crippen molar-refractivity contribution in [2.75, 3.05) is 5.75 Å². The fourth-order valence-corrected chi connectivity index (χ4v) is 3.56. The van der Waals surface area contributed by atoms with Crippen LogP contribution in [0.4, 0.5) is 0 Å². The van der Waals surface area contributed by atoms with Gasteiger partial charge in [-0.15, -0.1) is 11.8 Å². The summed E-state index contributed by atoms with van der Waals surface area (Å²) in [6, 6.07) is 5.49. The largest absolute Gasteiger partial charge is 0.388 e. The summed E-state index contributed by atoms with van der Waals surface area (Å²) < 4.78 is 0. The van der Waals surface area contributed by atoms with E-state index in [0.717, 1.165) is 28.5 Å². The fraction of sp³-hybridized carbons (Fsp3) is 0.417. The summed E-state index contributed by atoms with van der Waals surface area (Å²) >= 11 is 13.7. The summed E-state index contributed by atoms with van der Waals surface area (Å²) in [4.78, 5) is 1.01. The highest BCUT2D eigenvalue weighted by Gasteiger charge is 2.42. The van der Waals surface area contributed by atoms with Crippen LogP contribution in [0.3, 0.4) is 0 Å². The second-order valence-corrected chi connectivity index (χ2v) is 6.43. The number of nitrogens with two attached hydrogens (primary N) is 1. The molecule has 1 aromatic carbocycles. The Morgan fingerprint density at radius 1 is 1.41 bits per heavy atom. The zero-order chi connectivity index (χ0) is 12.5. The number of hydrogen-bond donors (Lipinski definition) is 2. The van der Waals surface area contributed by atoms with Crippen molar-refractivity contribution in [3.8, 4) is 0 Å². The van der Waals surface area contributed by atoms with E-state index in [1.54, 1.807) is 17.8 Å². The highest BCUT2D eigenvalue weighted by Crippen LogP contribution is 2.52. The Morgan fingerprint density at radius 3 is 2.71 bits per heavy atom. The van der Waals surface area contributed by atoms with Crippen LogP contribution in [0.1, 0.15) is 19.3 Å². The van der Waals surface area contributed by atoms with Gasteiger partial charge in [-0.1, -0.05) is 23.2 Å². The van der Waals surface area contributed by atoms with Crippen LogP contribution in [-0.4, -0.2) is 11.6 Å². The van der Waals surface area contributed by atoms with Crippen molar-refractivity contribution < 1.29 is 0 Å². The molecule has 1 aliphatic carbocycles. The molecule has 0 unspecified atom stereocenters. The van der Waals surface area contributed by atoms with Crippen LogP contribution in [0.25, 0.3) is 0 Å². The Balaban J connectivity index is 1.98. The van der Waals surface area contributed by atoms with E-state index in [1.807, 2.05) is 12.1 Å². The monoisotopic (exact) mass is 288 g/mol. The molecule has 1 aliphatic rings. The lowest BCUT2D eigenvalue weighted by Crippen LogP contribution is -2.18. The molecule has 0 bridgehead atoms. The third-order valence-electron chi connectivity index (χ3n) is 2.95. The van der Waals surface area contributed by atoms with Crippen molar-refractivity contribution >= 4 is 40.8 Å². The number of nitrogens with one attached hydrogen (secondary N) is 1. The summed E-state index contributed by atoms with van der Waals surface area (Å²) in [5.41, 5.74) is 5.69. The maximum Gasteiger partial charge on any atom is 0.0911 e. The van der Waals surface area contributed by atoms with Crippen LogP contribution in [0.15, 0.2) is 23.1 Å². The van der Waals surface area contributed by atoms with Crippen molar-refractivity contribution in [1.29, 1.82) is 5.41 Å². The molecule has 0 radical (unpaired) electrons. The molecule has 2 rings (SSSR count). The maximum absolute atomic E-state index is 7.37. The summed E-state index contributed by atoms with van der Waals surface area (Å²) in [7, 11) is 0. The SMILES string of the molecule is N=C(N)CC1(CSc2cc(Cl)ccc2Cl)CC1. The van der Waals surface area contributed by atoms with E-state index >= 15 is 0 Å². The molecule has 0 aliphatic heterocycles. The molecule has 0 saturated heterocycles. The minimum atomic E-state index is 0.224. The van der Waals surface area contributed by atoms with Gasteiger partial charge in [0.1, 0.15) is 0 Å². The average molecular weight is 289 g/mol. The Morgan fingerprint density at radius 2 is 2.12 bits per heavy atom. The van der Waals surface area contributed by atoms with Gasteiger partial charge in [0.05, 0.1) is 10.9 Å². The van der Waals surface area contributed by atoms with Gasteiger partial charge in [0, 0.05) is 22.1 Å². The lowest BCUT2D eigenvalue weighted by atomic mass is 10.1. The average Bonchev–Trinajstić information content (AvgIpc) is 2.99. The maximum atomic E-state index is 7.37. The van der Waals surface area contributed by atoms with Crippen molar-refractivity contribution in [2.24, 2.45) is 11.1 Å². The molecule has 92 valence electrons. The van der Waals surface area contributed by atoms with Crippen LogP contribution in [0.2, 0.25) is 10.0 Å². The van der Waals surface area contributed by atoms with Crippen molar-refractivity contribution in [3.05, 3.63) is 28.2 Å². The van der Waals surface area contributed by atoms with Crippen molar-refractivity contribution in [1.82, 2.24) is 0 Å². The van der Waals surface area contributed by atoms with Gasteiger partial charge in [0.25, 0.3) is 0 Å². The predicted molar refractivity (Wildman–Crippen MR) is 75.4 cm³/mol. The summed E-state index contributed by atoms with van der Waals surface area (Å²) in [5, 5.41) is 8.81. The first-order chi connectivity index (χ1) is 8.01. The van der Waals surface area contributed by atoms with Gasteiger partial charge in [-0.2, -0.15) is 0 Å². The number of hydrogen-bond acceptors (Lipinski definition) is 2. The van der Waals surface area contributed by atoms with E-state index in [0.29, 0.717) is 11.4 Å². The minimum absolute atomic E-state index is 0.224. The standard InChI is InChI=1S/C12H14Cl2N2S/c13-8-1-2-9(14)10(5-8)17-7-12(3-4-12)6-11(15)16/h1-2,5H,3-4,6-7H2,(H3,15,16). The minimum Gasteiger partial charge on any atom is -0.388 e. The lowest BCUT2D eigenvalue weighted by Gasteiger charge is -2.14. The molecule has 17 heavy (non-hydrogen) atoms. The normalized spacial score (nSPS) is 16.8. The molecule has 1 fully saturated rings. The van der Waals surface area contributed by atoms with Crippen LogP contribution >= 0.6 is 35.0 Å². The fourth-order valence-electron chi connectivity index (χ4n) is 1.77. The summed E-state index contributed by atoms with van der Waals surface area (Å²) in [6.45, 7) is 0. The molecular weight excluding hydrogens is 275 g/mol. The third-order valence-corrected chi connectivity index (χ3v) is 5.03. The molecule has 0 heterocycles. The molecule has 2 nitrogen and oxygen atoms in total. The van der Waals surface area contributed by atoms with Crippen molar-refractivity contribution in [3.63, 3.8) is 0 Å². The number of amidine groups is 1. The van der Waals surface area contributed by atoms with Crippen LogP contribution in [0, 0.1) is 10.8 Å². The van der Waals surface area contributed by atoms with E-state index in [4.69, 9.17) is 34.3 Å². The van der Waals surface area contributed by atoms with Gasteiger partial charge in [-0.3, -0.25) is 5.41 Å². The molecular formula is C12H14Cl2N2S.